The predicted molar refractivity (Wildman–Crippen MR) is 61.9 cm³/mol. The van der Waals surface area contributed by atoms with Crippen molar-refractivity contribution in [3.05, 3.63) is 18.2 Å². The zero-order chi connectivity index (χ0) is 11.4. The van der Waals surface area contributed by atoms with Crippen LogP contribution >= 0.6 is 0 Å². The molecule has 0 unspecified atom stereocenters. The molecule has 4 heteroatoms. The van der Waals surface area contributed by atoms with Crippen LogP contribution in [0.1, 0.15) is 13.3 Å². The minimum absolute atomic E-state index is 0.169. The molecule has 2 rings (SSSR count). The molecule has 0 aromatic heterocycles. The molecule has 1 saturated heterocycles. The van der Waals surface area contributed by atoms with Crippen LogP contribution in [0, 0.1) is 0 Å². The smallest absolute Gasteiger partial charge is 0.145 e. The number of ether oxygens (including phenoxy) is 3. The molecule has 1 aliphatic rings. The number of rotatable bonds is 5. The van der Waals surface area contributed by atoms with Crippen molar-refractivity contribution in [2.45, 2.75) is 19.4 Å². The second-order valence-corrected chi connectivity index (χ2v) is 3.83. The number of hydrogen-bond donors (Lipinski definition) is 1. The summed E-state index contributed by atoms with van der Waals surface area (Å²) in [4.78, 5) is 0. The Balaban J connectivity index is 2.01. The van der Waals surface area contributed by atoms with E-state index in [1.165, 1.54) is 0 Å². The fourth-order valence-electron chi connectivity index (χ4n) is 1.40. The molecule has 1 aromatic rings. The number of nitrogen functional groups attached to an aromatic ring is 1. The Morgan fingerprint density at radius 1 is 1.44 bits per heavy atom. The molecule has 0 saturated carbocycles. The van der Waals surface area contributed by atoms with Crippen molar-refractivity contribution in [2.24, 2.45) is 0 Å². The molecule has 1 fully saturated rings. The molecule has 1 heterocycles. The molecule has 2 N–H and O–H groups in total. The fourth-order valence-corrected chi connectivity index (χ4v) is 1.40. The van der Waals surface area contributed by atoms with Crippen LogP contribution in [-0.2, 0) is 4.74 Å². The second kappa shape index (κ2) is 5.07. The number of benzene rings is 1. The SMILES string of the molecule is CCCOc1cc(OC2COC2)ccc1N. The molecule has 4 nitrogen and oxygen atoms in total. The quantitative estimate of drug-likeness (QED) is 0.774. The molecular formula is C12H17NO3. The molecule has 0 radical (unpaired) electrons. The largest absolute Gasteiger partial charge is 0.491 e. The first-order chi connectivity index (χ1) is 7.79. The summed E-state index contributed by atoms with van der Waals surface area (Å²) in [7, 11) is 0. The summed E-state index contributed by atoms with van der Waals surface area (Å²) in [5.41, 5.74) is 6.45. The Hall–Kier alpha value is -1.42. The third-order valence-electron chi connectivity index (χ3n) is 2.36. The molecule has 16 heavy (non-hydrogen) atoms. The molecule has 0 amide bonds. The Bertz CT molecular complexity index is 350. The van der Waals surface area contributed by atoms with Gasteiger partial charge in [0.15, 0.2) is 0 Å². The first-order valence-electron chi connectivity index (χ1n) is 5.56. The Kier molecular flexibility index (Phi) is 3.51. The van der Waals surface area contributed by atoms with Gasteiger partial charge in [0.05, 0.1) is 25.5 Å². The van der Waals surface area contributed by atoms with E-state index < -0.39 is 0 Å². The minimum atomic E-state index is 0.169. The van der Waals surface area contributed by atoms with Gasteiger partial charge in [-0.2, -0.15) is 0 Å². The van der Waals surface area contributed by atoms with E-state index in [9.17, 15) is 0 Å². The summed E-state index contributed by atoms with van der Waals surface area (Å²) in [6.07, 6.45) is 1.13. The van der Waals surface area contributed by atoms with Crippen molar-refractivity contribution in [1.29, 1.82) is 0 Å². The highest BCUT2D eigenvalue weighted by Crippen LogP contribution is 2.28. The Labute approximate surface area is 95.3 Å². The molecule has 0 bridgehead atoms. The lowest BCUT2D eigenvalue weighted by molar-refractivity contribution is -0.0797. The van der Waals surface area contributed by atoms with E-state index in [4.69, 9.17) is 19.9 Å². The van der Waals surface area contributed by atoms with E-state index in [2.05, 4.69) is 6.92 Å². The molecule has 0 spiro atoms. The molecule has 0 aliphatic carbocycles. The molecule has 88 valence electrons. The maximum absolute atomic E-state index is 5.80. The maximum Gasteiger partial charge on any atom is 0.145 e. The van der Waals surface area contributed by atoms with Crippen LogP contribution in [0.25, 0.3) is 0 Å². The van der Waals surface area contributed by atoms with E-state index in [0.717, 1.165) is 12.2 Å². The summed E-state index contributed by atoms with van der Waals surface area (Å²) in [5, 5.41) is 0. The number of anilines is 1. The van der Waals surface area contributed by atoms with Gasteiger partial charge in [0.1, 0.15) is 17.6 Å². The van der Waals surface area contributed by atoms with Gasteiger partial charge in [-0.15, -0.1) is 0 Å². The van der Waals surface area contributed by atoms with Crippen molar-refractivity contribution in [2.75, 3.05) is 25.6 Å². The fraction of sp³-hybridized carbons (Fsp3) is 0.500. The highest BCUT2D eigenvalue weighted by atomic mass is 16.6. The van der Waals surface area contributed by atoms with Crippen LogP contribution in [0.15, 0.2) is 18.2 Å². The van der Waals surface area contributed by atoms with Gasteiger partial charge in [-0.3, -0.25) is 0 Å². The van der Waals surface area contributed by atoms with Crippen LogP contribution in [0.4, 0.5) is 5.69 Å². The standard InChI is InChI=1S/C12H17NO3/c1-2-5-15-12-6-9(3-4-11(12)13)16-10-7-14-8-10/h3-4,6,10H,2,5,7-8,13H2,1H3. The zero-order valence-electron chi connectivity index (χ0n) is 9.44. The highest BCUT2D eigenvalue weighted by molar-refractivity contribution is 5.55. The maximum atomic E-state index is 5.80. The van der Waals surface area contributed by atoms with Gasteiger partial charge in [-0.25, -0.2) is 0 Å². The number of hydrogen-bond acceptors (Lipinski definition) is 4. The van der Waals surface area contributed by atoms with E-state index >= 15 is 0 Å². The summed E-state index contributed by atoms with van der Waals surface area (Å²) in [5.74, 6) is 1.48. The van der Waals surface area contributed by atoms with E-state index in [-0.39, 0.29) is 6.10 Å². The summed E-state index contributed by atoms with van der Waals surface area (Å²) in [6.45, 7) is 4.05. The van der Waals surface area contributed by atoms with Crippen LogP contribution in [-0.4, -0.2) is 25.9 Å². The van der Waals surface area contributed by atoms with Crippen molar-refractivity contribution in [3.8, 4) is 11.5 Å². The Morgan fingerprint density at radius 2 is 2.25 bits per heavy atom. The van der Waals surface area contributed by atoms with Gasteiger partial charge >= 0.3 is 0 Å². The molecule has 0 atom stereocenters. The summed E-state index contributed by atoms with van der Waals surface area (Å²) < 4.78 is 16.2. The first kappa shape index (κ1) is 11.1. The normalized spacial score (nSPS) is 15.6. The lowest BCUT2D eigenvalue weighted by atomic mass is 10.2. The zero-order valence-corrected chi connectivity index (χ0v) is 9.44. The summed E-state index contributed by atoms with van der Waals surface area (Å²) >= 11 is 0. The predicted octanol–water partition coefficient (Wildman–Crippen LogP) is 1.84. The summed E-state index contributed by atoms with van der Waals surface area (Å²) in [6, 6.07) is 5.50. The van der Waals surface area contributed by atoms with Gasteiger partial charge in [-0.1, -0.05) is 6.92 Å². The van der Waals surface area contributed by atoms with Crippen molar-refractivity contribution in [3.63, 3.8) is 0 Å². The van der Waals surface area contributed by atoms with Gasteiger partial charge in [0, 0.05) is 6.07 Å². The van der Waals surface area contributed by atoms with Gasteiger partial charge in [0.2, 0.25) is 0 Å². The average molecular weight is 223 g/mol. The van der Waals surface area contributed by atoms with Crippen LogP contribution in [0.2, 0.25) is 0 Å². The van der Waals surface area contributed by atoms with E-state index in [1.807, 2.05) is 12.1 Å². The average Bonchev–Trinajstić information content (AvgIpc) is 2.23. The van der Waals surface area contributed by atoms with Gasteiger partial charge in [0.25, 0.3) is 0 Å². The lowest BCUT2D eigenvalue weighted by Gasteiger charge is -2.26. The Morgan fingerprint density at radius 3 is 2.88 bits per heavy atom. The lowest BCUT2D eigenvalue weighted by Crippen LogP contribution is -2.38. The molecular weight excluding hydrogens is 206 g/mol. The van der Waals surface area contributed by atoms with Gasteiger partial charge in [-0.05, 0) is 18.6 Å². The first-order valence-corrected chi connectivity index (χ1v) is 5.56. The topological polar surface area (TPSA) is 53.7 Å². The monoisotopic (exact) mass is 223 g/mol. The molecule has 1 aliphatic heterocycles. The van der Waals surface area contributed by atoms with Crippen LogP contribution in [0.5, 0.6) is 11.5 Å². The third kappa shape index (κ3) is 2.58. The van der Waals surface area contributed by atoms with E-state index in [1.54, 1.807) is 6.07 Å². The van der Waals surface area contributed by atoms with Crippen LogP contribution < -0.4 is 15.2 Å². The van der Waals surface area contributed by atoms with Crippen molar-refractivity contribution in [1.82, 2.24) is 0 Å². The second-order valence-electron chi connectivity index (χ2n) is 3.83. The van der Waals surface area contributed by atoms with Gasteiger partial charge < -0.3 is 19.9 Å². The van der Waals surface area contributed by atoms with Crippen LogP contribution in [0.3, 0.4) is 0 Å². The number of nitrogens with two attached hydrogens (primary N) is 1. The van der Waals surface area contributed by atoms with E-state index in [0.29, 0.717) is 31.3 Å². The third-order valence-corrected chi connectivity index (χ3v) is 2.36. The van der Waals surface area contributed by atoms with Crippen molar-refractivity contribution < 1.29 is 14.2 Å². The minimum Gasteiger partial charge on any atom is -0.491 e. The molecule has 1 aromatic carbocycles. The van der Waals surface area contributed by atoms with Crippen molar-refractivity contribution >= 4 is 5.69 Å². The highest BCUT2D eigenvalue weighted by Gasteiger charge is 2.20.